The first kappa shape index (κ1) is 16.7. The normalized spacial score (nSPS) is 13.1. The molecule has 1 aromatic rings. The fourth-order valence-corrected chi connectivity index (χ4v) is 3.02. The Morgan fingerprint density at radius 1 is 1.25 bits per heavy atom. The molecule has 2 N–H and O–H groups in total. The van der Waals surface area contributed by atoms with E-state index in [9.17, 15) is 13.2 Å². The zero-order chi connectivity index (χ0) is 15.2. The van der Waals surface area contributed by atoms with Gasteiger partial charge in [-0.15, -0.1) is 0 Å². The molecule has 0 unspecified atom stereocenters. The zero-order valence-electron chi connectivity index (χ0n) is 11.8. The average Bonchev–Trinajstić information content (AvgIpc) is 2.43. The molecular formula is C14H21NO4S. The van der Waals surface area contributed by atoms with Crippen molar-refractivity contribution in [2.75, 3.05) is 0 Å². The van der Waals surface area contributed by atoms with Gasteiger partial charge in [-0.05, 0) is 30.5 Å². The predicted octanol–water partition coefficient (Wildman–Crippen LogP) is 2.17. The minimum atomic E-state index is -3.79. The summed E-state index contributed by atoms with van der Waals surface area (Å²) in [7, 11) is -3.79. The van der Waals surface area contributed by atoms with Crippen LogP contribution < -0.4 is 4.72 Å². The summed E-state index contributed by atoms with van der Waals surface area (Å²) >= 11 is 0. The SMILES string of the molecule is CCCC[C@H](NS(=O)(=O)c1ccc(CC)cc1)C(=O)O. The van der Waals surface area contributed by atoms with Gasteiger partial charge in [0.05, 0.1) is 4.90 Å². The molecule has 20 heavy (non-hydrogen) atoms. The number of rotatable bonds is 8. The number of hydrogen-bond acceptors (Lipinski definition) is 3. The van der Waals surface area contributed by atoms with Crippen LogP contribution in [0.4, 0.5) is 0 Å². The van der Waals surface area contributed by atoms with Crippen LogP contribution in [-0.4, -0.2) is 25.5 Å². The summed E-state index contributed by atoms with van der Waals surface area (Å²) < 4.78 is 26.5. The van der Waals surface area contributed by atoms with Crippen molar-refractivity contribution in [1.29, 1.82) is 0 Å². The Bertz CT molecular complexity index is 537. The van der Waals surface area contributed by atoms with E-state index in [2.05, 4.69) is 4.72 Å². The van der Waals surface area contributed by atoms with E-state index in [1.807, 2.05) is 13.8 Å². The monoisotopic (exact) mass is 299 g/mol. The van der Waals surface area contributed by atoms with Gasteiger partial charge in [0.2, 0.25) is 10.0 Å². The molecule has 0 aliphatic heterocycles. The molecule has 1 atom stereocenters. The molecule has 0 amide bonds. The van der Waals surface area contributed by atoms with Gasteiger partial charge in [0.1, 0.15) is 6.04 Å². The van der Waals surface area contributed by atoms with Crippen molar-refractivity contribution in [1.82, 2.24) is 4.72 Å². The maximum atomic E-state index is 12.1. The number of unbranched alkanes of at least 4 members (excludes halogenated alkanes) is 1. The minimum absolute atomic E-state index is 0.0949. The summed E-state index contributed by atoms with van der Waals surface area (Å²) in [5.41, 5.74) is 1.03. The van der Waals surface area contributed by atoms with Crippen molar-refractivity contribution in [2.24, 2.45) is 0 Å². The molecule has 5 nitrogen and oxygen atoms in total. The minimum Gasteiger partial charge on any atom is -0.480 e. The number of aryl methyl sites for hydroxylation is 1. The predicted molar refractivity (Wildman–Crippen MR) is 77.1 cm³/mol. The number of carbonyl (C=O) groups is 1. The third-order valence-electron chi connectivity index (χ3n) is 3.08. The van der Waals surface area contributed by atoms with Crippen LogP contribution in [0.5, 0.6) is 0 Å². The fraction of sp³-hybridized carbons (Fsp3) is 0.500. The summed E-state index contributed by atoms with van der Waals surface area (Å²) in [4.78, 5) is 11.2. The van der Waals surface area contributed by atoms with Gasteiger partial charge >= 0.3 is 5.97 Å². The molecule has 0 saturated heterocycles. The van der Waals surface area contributed by atoms with E-state index in [1.54, 1.807) is 12.1 Å². The number of benzene rings is 1. The van der Waals surface area contributed by atoms with Crippen molar-refractivity contribution in [2.45, 2.75) is 50.5 Å². The number of hydrogen-bond donors (Lipinski definition) is 2. The molecule has 1 rings (SSSR count). The second-order valence-corrected chi connectivity index (χ2v) is 6.37. The molecule has 0 aliphatic carbocycles. The van der Waals surface area contributed by atoms with Crippen LogP contribution in [0.1, 0.15) is 38.7 Å². The molecule has 0 radical (unpaired) electrons. The lowest BCUT2D eigenvalue weighted by Crippen LogP contribution is -2.40. The number of sulfonamides is 1. The third-order valence-corrected chi connectivity index (χ3v) is 4.57. The Balaban J connectivity index is 2.88. The second-order valence-electron chi connectivity index (χ2n) is 4.65. The van der Waals surface area contributed by atoms with E-state index in [0.29, 0.717) is 6.42 Å². The first-order chi connectivity index (χ1) is 9.40. The number of carboxylic acid groups (broad SMARTS) is 1. The quantitative estimate of drug-likeness (QED) is 0.770. The number of nitrogens with one attached hydrogen (secondary N) is 1. The van der Waals surface area contributed by atoms with Crippen molar-refractivity contribution >= 4 is 16.0 Å². The van der Waals surface area contributed by atoms with Gasteiger partial charge in [-0.1, -0.05) is 38.8 Å². The largest absolute Gasteiger partial charge is 0.480 e. The fourth-order valence-electron chi connectivity index (χ4n) is 1.80. The van der Waals surface area contributed by atoms with E-state index in [-0.39, 0.29) is 11.3 Å². The van der Waals surface area contributed by atoms with Crippen LogP contribution in [0.15, 0.2) is 29.2 Å². The van der Waals surface area contributed by atoms with Gasteiger partial charge < -0.3 is 5.11 Å². The summed E-state index contributed by atoms with van der Waals surface area (Å²) in [6.45, 7) is 3.91. The van der Waals surface area contributed by atoms with Crippen LogP contribution in [0.2, 0.25) is 0 Å². The van der Waals surface area contributed by atoms with E-state index in [4.69, 9.17) is 5.11 Å². The molecule has 0 spiro atoms. The maximum absolute atomic E-state index is 12.1. The molecule has 6 heteroatoms. The lowest BCUT2D eigenvalue weighted by Gasteiger charge is -2.14. The molecule has 0 aliphatic rings. The highest BCUT2D eigenvalue weighted by atomic mass is 32.2. The van der Waals surface area contributed by atoms with E-state index in [1.165, 1.54) is 12.1 Å². The van der Waals surface area contributed by atoms with Crippen molar-refractivity contribution < 1.29 is 18.3 Å². The van der Waals surface area contributed by atoms with Crippen LogP contribution >= 0.6 is 0 Å². The Labute approximate surface area is 120 Å². The lowest BCUT2D eigenvalue weighted by atomic mass is 10.1. The molecule has 1 aromatic carbocycles. The van der Waals surface area contributed by atoms with Gasteiger partial charge in [-0.25, -0.2) is 8.42 Å². The van der Waals surface area contributed by atoms with Gasteiger partial charge in [-0.3, -0.25) is 4.79 Å². The van der Waals surface area contributed by atoms with Crippen LogP contribution in [-0.2, 0) is 21.2 Å². The van der Waals surface area contributed by atoms with Crippen molar-refractivity contribution in [3.63, 3.8) is 0 Å². The Hall–Kier alpha value is -1.40. The third kappa shape index (κ3) is 4.61. The van der Waals surface area contributed by atoms with Crippen LogP contribution in [0.3, 0.4) is 0 Å². The van der Waals surface area contributed by atoms with E-state index in [0.717, 1.165) is 18.4 Å². The molecule has 0 aromatic heterocycles. The molecular weight excluding hydrogens is 278 g/mol. The summed E-state index contributed by atoms with van der Waals surface area (Å²) in [5.74, 6) is -1.15. The summed E-state index contributed by atoms with van der Waals surface area (Å²) in [6, 6.07) is 5.39. The zero-order valence-corrected chi connectivity index (χ0v) is 12.6. The van der Waals surface area contributed by atoms with Gasteiger partial charge in [0.25, 0.3) is 0 Å². The first-order valence-electron chi connectivity index (χ1n) is 6.74. The van der Waals surface area contributed by atoms with Gasteiger partial charge in [0.15, 0.2) is 0 Å². The molecule has 0 bridgehead atoms. The highest BCUT2D eigenvalue weighted by Crippen LogP contribution is 2.13. The van der Waals surface area contributed by atoms with Crippen LogP contribution in [0.25, 0.3) is 0 Å². The number of aliphatic carboxylic acids is 1. The highest BCUT2D eigenvalue weighted by Gasteiger charge is 2.24. The molecule has 0 fully saturated rings. The van der Waals surface area contributed by atoms with E-state index < -0.39 is 22.0 Å². The highest BCUT2D eigenvalue weighted by molar-refractivity contribution is 7.89. The standard InChI is InChI=1S/C14H21NO4S/c1-3-5-6-13(14(16)17)15-20(18,19)12-9-7-11(4-2)8-10-12/h7-10,13,15H,3-6H2,1-2H3,(H,16,17)/t13-/m0/s1. The topological polar surface area (TPSA) is 83.5 Å². The molecule has 112 valence electrons. The Morgan fingerprint density at radius 3 is 2.30 bits per heavy atom. The van der Waals surface area contributed by atoms with Gasteiger partial charge in [0, 0.05) is 0 Å². The van der Waals surface area contributed by atoms with Gasteiger partial charge in [-0.2, -0.15) is 4.72 Å². The summed E-state index contributed by atoms with van der Waals surface area (Å²) in [6.07, 6.45) is 2.59. The second kappa shape index (κ2) is 7.40. The number of carboxylic acids is 1. The smallest absolute Gasteiger partial charge is 0.321 e. The molecule has 0 saturated carbocycles. The average molecular weight is 299 g/mol. The van der Waals surface area contributed by atoms with Crippen LogP contribution in [0, 0.1) is 0 Å². The van der Waals surface area contributed by atoms with E-state index >= 15 is 0 Å². The Kier molecular flexibility index (Phi) is 6.16. The Morgan fingerprint density at radius 2 is 1.85 bits per heavy atom. The van der Waals surface area contributed by atoms with Crippen molar-refractivity contribution in [3.8, 4) is 0 Å². The maximum Gasteiger partial charge on any atom is 0.321 e. The first-order valence-corrected chi connectivity index (χ1v) is 8.23. The molecule has 0 heterocycles. The van der Waals surface area contributed by atoms with Crippen molar-refractivity contribution in [3.05, 3.63) is 29.8 Å². The summed E-state index contributed by atoms with van der Waals surface area (Å²) in [5, 5.41) is 9.07. The lowest BCUT2D eigenvalue weighted by molar-refractivity contribution is -0.139.